The SMILES string of the molecule is C=C.CN(C)C.O. The first-order valence-electron chi connectivity index (χ1n) is 1.84. The van der Waals surface area contributed by atoms with Gasteiger partial charge in [-0.15, -0.1) is 13.2 Å². The molecule has 0 aliphatic heterocycles. The maximum absolute atomic E-state index is 3.00. The minimum absolute atomic E-state index is 0. The lowest BCUT2D eigenvalue weighted by Crippen LogP contribution is -1.99. The highest BCUT2D eigenvalue weighted by Gasteiger charge is 1.58. The van der Waals surface area contributed by atoms with E-state index in [0.29, 0.717) is 0 Å². The van der Waals surface area contributed by atoms with Crippen LogP contribution in [0.1, 0.15) is 0 Å². The van der Waals surface area contributed by atoms with E-state index in [0.717, 1.165) is 0 Å². The molecule has 0 radical (unpaired) electrons. The third-order valence-corrected chi connectivity index (χ3v) is 0. The van der Waals surface area contributed by atoms with Crippen molar-refractivity contribution in [3.05, 3.63) is 13.2 Å². The maximum atomic E-state index is 3.00. The van der Waals surface area contributed by atoms with Gasteiger partial charge in [-0.2, -0.15) is 0 Å². The first kappa shape index (κ1) is 15.9. The predicted octanol–water partition coefficient (Wildman–Crippen LogP) is 0.155. The molecule has 2 heteroatoms. The summed E-state index contributed by atoms with van der Waals surface area (Å²) in [6.45, 7) is 6.00. The summed E-state index contributed by atoms with van der Waals surface area (Å²) < 4.78 is 0. The number of nitrogens with zero attached hydrogens (tertiary/aromatic N) is 1. The van der Waals surface area contributed by atoms with Gasteiger partial charge in [0.15, 0.2) is 0 Å². The molecule has 46 valence electrons. The van der Waals surface area contributed by atoms with Gasteiger partial charge in [-0.25, -0.2) is 0 Å². The fourth-order valence-electron chi connectivity index (χ4n) is 0. The van der Waals surface area contributed by atoms with Gasteiger partial charge in [0.1, 0.15) is 0 Å². The van der Waals surface area contributed by atoms with E-state index in [9.17, 15) is 0 Å². The second-order valence-corrected chi connectivity index (χ2v) is 1.34. The lowest BCUT2D eigenvalue weighted by atomic mass is 11.0. The Morgan fingerprint density at radius 1 is 1.00 bits per heavy atom. The van der Waals surface area contributed by atoms with Crippen LogP contribution in [0, 0.1) is 0 Å². The Labute approximate surface area is 45.8 Å². The van der Waals surface area contributed by atoms with Crippen LogP contribution in [-0.2, 0) is 0 Å². The fourth-order valence-corrected chi connectivity index (χ4v) is 0. The van der Waals surface area contributed by atoms with Crippen LogP contribution in [-0.4, -0.2) is 31.5 Å². The van der Waals surface area contributed by atoms with Gasteiger partial charge in [-0.1, -0.05) is 0 Å². The van der Waals surface area contributed by atoms with E-state index >= 15 is 0 Å². The standard InChI is InChI=1S/C3H9N.C2H4.H2O/c1-4(2)3;1-2;/h1-3H3;1-2H2;1H2. The maximum Gasteiger partial charge on any atom is -0.0140 e. The summed E-state index contributed by atoms with van der Waals surface area (Å²) in [5.41, 5.74) is 0. The molecule has 0 rings (SSSR count). The van der Waals surface area contributed by atoms with Gasteiger partial charge < -0.3 is 10.4 Å². The minimum atomic E-state index is 0. The Kier molecular flexibility index (Phi) is 39.5. The first-order chi connectivity index (χ1) is 2.73. The van der Waals surface area contributed by atoms with Crippen LogP contribution in [0.2, 0.25) is 0 Å². The van der Waals surface area contributed by atoms with Gasteiger partial charge in [-0.05, 0) is 21.1 Å². The van der Waals surface area contributed by atoms with Crippen molar-refractivity contribution in [1.29, 1.82) is 0 Å². The van der Waals surface area contributed by atoms with E-state index in [4.69, 9.17) is 0 Å². The molecule has 2 nitrogen and oxygen atoms in total. The third kappa shape index (κ3) is 656. The fraction of sp³-hybridized carbons (Fsp3) is 0.600. The van der Waals surface area contributed by atoms with E-state index in [-0.39, 0.29) is 5.48 Å². The molecule has 0 aromatic rings. The summed E-state index contributed by atoms with van der Waals surface area (Å²) >= 11 is 0. The molecule has 0 fully saturated rings. The van der Waals surface area contributed by atoms with Crippen LogP contribution in [0.15, 0.2) is 13.2 Å². The molecular weight excluding hydrogens is 90.1 g/mol. The average molecular weight is 105 g/mol. The molecule has 0 aromatic heterocycles. The molecule has 0 saturated carbocycles. The van der Waals surface area contributed by atoms with Crippen molar-refractivity contribution in [3.63, 3.8) is 0 Å². The summed E-state index contributed by atoms with van der Waals surface area (Å²) in [5.74, 6) is 0. The topological polar surface area (TPSA) is 34.7 Å². The van der Waals surface area contributed by atoms with Crippen LogP contribution in [0.5, 0.6) is 0 Å². The van der Waals surface area contributed by atoms with E-state index in [1.54, 1.807) is 0 Å². The zero-order chi connectivity index (χ0) is 5.58. The Balaban J connectivity index is -0.0000000480. The van der Waals surface area contributed by atoms with Crippen molar-refractivity contribution in [2.75, 3.05) is 21.1 Å². The van der Waals surface area contributed by atoms with Gasteiger partial charge >= 0.3 is 0 Å². The largest absolute Gasteiger partial charge is 0.412 e. The molecule has 0 aliphatic rings. The molecule has 0 aliphatic carbocycles. The smallest absolute Gasteiger partial charge is 0.0140 e. The molecule has 0 amide bonds. The molecule has 0 heterocycles. The zero-order valence-corrected chi connectivity index (χ0v) is 5.36. The molecule has 0 bridgehead atoms. The number of rotatable bonds is 0. The van der Waals surface area contributed by atoms with Crippen LogP contribution in [0.25, 0.3) is 0 Å². The summed E-state index contributed by atoms with van der Waals surface area (Å²) in [6.07, 6.45) is 0. The highest BCUT2D eigenvalue weighted by atomic mass is 16.0. The monoisotopic (exact) mass is 105 g/mol. The van der Waals surface area contributed by atoms with E-state index in [1.807, 2.05) is 26.0 Å². The van der Waals surface area contributed by atoms with Crippen LogP contribution < -0.4 is 0 Å². The van der Waals surface area contributed by atoms with Crippen molar-refractivity contribution >= 4 is 0 Å². The van der Waals surface area contributed by atoms with Crippen molar-refractivity contribution in [2.24, 2.45) is 0 Å². The molecule has 0 aromatic carbocycles. The lowest BCUT2D eigenvalue weighted by Gasteiger charge is -1.90. The van der Waals surface area contributed by atoms with Gasteiger partial charge in [0.25, 0.3) is 0 Å². The Morgan fingerprint density at radius 2 is 1.00 bits per heavy atom. The summed E-state index contributed by atoms with van der Waals surface area (Å²) in [4.78, 5) is 2.00. The molecule has 0 spiro atoms. The zero-order valence-electron chi connectivity index (χ0n) is 5.36. The van der Waals surface area contributed by atoms with E-state index in [2.05, 4.69) is 13.2 Å². The van der Waals surface area contributed by atoms with Gasteiger partial charge in [0, 0.05) is 0 Å². The summed E-state index contributed by atoms with van der Waals surface area (Å²) in [5, 5.41) is 0. The third-order valence-electron chi connectivity index (χ3n) is 0. The van der Waals surface area contributed by atoms with Crippen molar-refractivity contribution < 1.29 is 5.48 Å². The highest BCUT2D eigenvalue weighted by molar-refractivity contribution is 4.22. The lowest BCUT2D eigenvalue weighted by molar-refractivity contribution is 0.505. The van der Waals surface area contributed by atoms with Gasteiger partial charge in [0.05, 0.1) is 0 Å². The second kappa shape index (κ2) is 17.4. The van der Waals surface area contributed by atoms with E-state index in [1.165, 1.54) is 0 Å². The summed E-state index contributed by atoms with van der Waals surface area (Å²) in [6, 6.07) is 0. The van der Waals surface area contributed by atoms with Crippen LogP contribution in [0.3, 0.4) is 0 Å². The van der Waals surface area contributed by atoms with Crippen LogP contribution in [0.4, 0.5) is 0 Å². The normalized spacial score (nSPS) is 5.71. The molecule has 7 heavy (non-hydrogen) atoms. The molecular formula is C5H15NO. The molecule has 0 unspecified atom stereocenters. The van der Waals surface area contributed by atoms with Crippen molar-refractivity contribution in [3.8, 4) is 0 Å². The van der Waals surface area contributed by atoms with Gasteiger partial charge in [0.2, 0.25) is 0 Å². The number of hydrogen-bond donors (Lipinski definition) is 0. The predicted molar refractivity (Wildman–Crippen MR) is 34.5 cm³/mol. The molecule has 2 N–H and O–H groups in total. The number of hydrogen-bond acceptors (Lipinski definition) is 1. The van der Waals surface area contributed by atoms with Crippen molar-refractivity contribution in [2.45, 2.75) is 0 Å². The quantitative estimate of drug-likeness (QED) is 0.404. The molecule has 0 saturated heterocycles. The van der Waals surface area contributed by atoms with Gasteiger partial charge in [-0.3, -0.25) is 0 Å². The minimum Gasteiger partial charge on any atom is -0.412 e. The highest BCUT2D eigenvalue weighted by Crippen LogP contribution is 1.47. The summed E-state index contributed by atoms with van der Waals surface area (Å²) in [7, 11) is 6.00. The first-order valence-corrected chi connectivity index (χ1v) is 1.84. The second-order valence-electron chi connectivity index (χ2n) is 1.34. The van der Waals surface area contributed by atoms with E-state index < -0.39 is 0 Å². The van der Waals surface area contributed by atoms with Crippen molar-refractivity contribution in [1.82, 2.24) is 4.90 Å². The Hall–Kier alpha value is -0.340. The average Bonchev–Trinajstić information content (AvgIpc) is 1.41. The Morgan fingerprint density at radius 3 is 1.00 bits per heavy atom. The van der Waals surface area contributed by atoms with Crippen LogP contribution >= 0.6 is 0 Å². The Bertz CT molecular complexity index is 19.3. The molecule has 0 atom stereocenters.